The van der Waals surface area contributed by atoms with E-state index in [1.165, 1.54) is 6.42 Å². The van der Waals surface area contributed by atoms with E-state index >= 15 is 0 Å². The van der Waals surface area contributed by atoms with E-state index in [1.807, 2.05) is 49.1 Å². The summed E-state index contributed by atoms with van der Waals surface area (Å²) in [4.78, 5) is 21.9. The Hall–Kier alpha value is -2.75. The van der Waals surface area contributed by atoms with E-state index in [4.69, 9.17) is 4.42 Å². The normalized spacial score (nSPS) is 18.3. The van der Waals surface area contributed by atoms with Gasteiger partial charge in [-0.15, -0.1) is 0 Å². The summed E-state index contributed by atoms with van der Waals surface area (Å²) in [5.74, 6) is 0.630. The molecule has 1 amide bonds. The maximum absolute atomic E-state index is 13.2. The van der Waals surface area contributed by atoms with Crippen LogP contribution in [0.3, 0.4) is 0 Å². The maximum atomic E-state index is 13.2. The quantitative estimate of drug-likeness (QED) is 0.537. The summed E-state index contributed by atoms with van der Waals surface area (Å²) in [7, 11) is -3.52. The van der Waals surface area contributed by atoms with Crippen molar-refractivity contribution in [2.75, 3.05) is 39.3 Å². The predicted molar refractivity (Wildman–Crippen MR) is 134 cm³/mol. The molecule has 5 rings (SSSR count). The number of piperidine rings is 1. The van der Waals surface area contributed by atoms with Gasteiger partial charge in [0.15, 0.2) is 5.58 Å². The second-order valence-corrected chi connectivity index (χ2v) is 11.5. The Balaban J connectivity index is 1.23. The standard InChI is InChI=1S/C26H32N4O4S/c1-19-6-7-20(2)24(16-19)35(32,33)30-14-12-28(13-15-30)18-25-27-22-17-21(8-9-23(22)34-25)26(31)29-10-4-3-5-11-29/h6-9,16-17H,3-5,10-15,18H2,1-2H3. The third-order valence-electron chi connectivity index (χ3n) is 6.97. The van der Waals surface area contributed by atoms with Crippen molar-refractivity contribution in [2.45, 2.75) is 44.6 Å². The monoisotopic (exact) mass is 496 g/mol. The molecular formula is C26H32N4O4S. The van der Waals surface area contributed by atoms with Crippen LogP contribution in [0.15, 0.2) is 45.7 Å². The fourth-order valence-electron chi connectivity index (χ4n) is 4.90. The molecule has 1 aromatic heterocycles. The molecule has 3 heterocycles. The van der Waals surface area contributed by atoms with E-state index in [0.29, 0.717) is 60.2 Å². The minimum absolute atomic E-state index is 0.0531. The predicted octanol–water partition coefficient (Wildman–Crippen LogP) is 3.58. The number of nitrogens with zero attached hydrogens (tertiary/aromatic N) is 4. The topological polar surface area (TPSA) is 87.0 Å². The molecule has 8 nitrogen and oxygen atoms in total. The number of rotatable bonds is 5. The highest BCUT2D eigenvalue weighted by atomic mass is 32.2. The first-order chi connectivity index (χ1) is 16.8. The molecule has 35 heavy (non-hydrogen) atoms. The van der Waals surface area contributed by atoms with Crippen molar-refractivity contribution in [1.82, 2.24) is 19.1 Å². The first-order valence-electron chi connectivity index (χ1n) is 12.3. The minimum atomic E-state index is -3.52. The maximum Gasteiger partial charge on any atom is 0.253 e. The number of aryl methyl sites for hydroxylation is 2. The molecule has 2 aliphatic heterocycles. The minimum Gasteiger partial charge on any atom is -0.439 e. The van der Waals surface area contributed by atoms with E-state index in [2.05, 4.69) is 9.88 Å². The van der Waals surface area contributed by atoms with Gasteiger partial charge in [-0.1, -0.05) is 12.1 Å². The number of sulfonamides is 1. The third kappa shape index (κ3) is 4.98. The lowest BCUT2D eigenvalue weighted by molar-refractivity contribution is 0.0724. The molecule has 2 saturated heterocycles. The summed E-state index contributed by atoms with van der Waals surface area (Å²) in [6.45, 7) is 7.90. The lowest BCUT2D eigenvalue weighted by atomic mass is 10.1. The molecule has 2 aliphatic rings. The van der Waals surface area contributed by atoms with Crippen molar-refractivity contribution in [3.8, 4) is 0 Å². The molecular weight excluding hydrogens is 464 g/mol. The molecule has 0 atom stereocenters. The molecule has 0 N–H and O–H groups in total. The number of hydrogen-bond donors (Lipinski definition) is 0. The first kappa shape index (κ1) is 24.0. The Kier molecular flexibility index (Phi) is 6.65. The molecule has 0 spiro atoms. The van der Waals surface area contributed by atoms with Gasteiger partial charge < -0.3 is 9.32 Å². The molecule has 2 fully saturated rings. The molecule has 186 valence electrons. The van der Waals surface area contributed by atoms with Crippen molar-refractivity contribution >= 4 is 27.0 Å². The van der Waals surface area contributed by atoms with Gasteiger partial charge in [0.1, 0.15) is 5.52 Å². The average molecular weight is 497 g/mol. The number of amides is 1. The lowest BCUT2D eigenvalue weighted by Gasteiger charge is -2.33. The first-order valence-corrected chi connectivity index (χ1v) is 13.7. The van der Waals surface area contributed by atoms with Gasteiger partial charge in [0, 0.05) is 44.8 Å². The van der Waals surface area contributed by atoms with Crippen LogP contribution in [-0.2, 0) is 16.6 Å². The number of hydrogen-bond acceptors (Lipinski definition) is 6. The molecule has 2 aromatic carbocycles. The van der Waals surface area contributed by atoms with Crippen LogP contribution in [0.5, 0.6) is 0 Å². The van der Waals surface area contributed by atoms with Crippen LogP contribution in [0, 0.1) is 13.8 Å². The van der Waals surface area contributed by atoms with Gasteiger partial charge >= 0.3 is 0 Å². The van der Waals surface area contributed by atoms with Crippen molar-refractivity contribution < 1.29 is 17.6 Å². The van der Waals surface area contributed by atoms with Crippen LogP contribution < -0.4 is 0 Å². The largest absolute Gasteiger partial charge is 0.439 e. The highest BCUT2D eigenvalue weighted by Gasteiger charge is 2.30. The summed E-state index contributed by atoms with van der Waals surface area (Å²) in [5, 5.41) is 0. The summed E-state index contributed by atoms with van der Waals surface area (Å²) in [6, 6.07) is 11.0. The number of carbonyl (C=O) groups is 1. The zero-order valence-corrected chi connectivity index (χ0v) is 21.2. The number of fused-ring (bicyclic) bond motifs is 1. The van der Waals surface area contributed by atoms with Crippen LogP contribution in [0.4, 0.5) is 0 Å². The van der Waals surface area contributed by atoms with E-state index in [0.717, 1.165) is 37.1 Å². The number of carbonyl (C=O) groups excluding carboxylic acids is 1. The van der Waals surface area contributed by atoms with Crippen LogP contribution in [0.1, 0.15) is 46.6 Å². The summed E-state index contributed by atoms with van der Waals surface area (Å²) < 4.78 is 33.9. The van der Waals surface area contributed by atoms with Crippen molar-refractivity contribution in [2.24, 2.45) is 0 Å². The zero-order chi connectivity index (χ0) is 24.6. The highest BCUT2D eigenvalue weighted by molar-refractivity contribution is 7.89. The number of aromatic nitrogens is 1. The fraction of sp³-hybridized carbons (Fsp3) is 0.462. The number of oxazole rings is 1. The average Bonchev–Trinajstić information content (AvgIpc) is 3.27. The van der Waals surface area contributed by atoms with Gasteiger partial charge in [-0.05, 0) is 68.5 Å². The lowest BCUT2D eigenvalue weighted by Crippen LogP contribution is -2.48. The second kappa shape index (κ2) is 9.72. The van der Waals surface area contributed by atoms with E-state index in [1.54, 1.807) is 10.4 Å². The summed E-state index contributed by atoms with van der Waals surface area (Å²) in [5.41, 5.74) is 3.68. The molecule has 0 radical (unpaired) electrons. The Bertz CT molecular complexity index is 1340. The molecule has 0 unspecified atom stereocenters. The van der Waals surface area contributed by atoms with Gasteiger partial charge in [-0.25, -0.2) is 13.4 Å². The number of likely N-dealkylation sites (tertiary alicyclic amines) is 1. The number of benzene rings is 2. The molecule has 0 aliphatic carbocycles. The van der Waals surface area contributed by atoms with Crippen LogP contribution in [0.2, 0.25) is 0 Å². The van der Waals surface area contributed by atoms with E-state index in [-0.39, 0.29) is 5.91 Å². The smallest absolute Gasteiger partial charge is 0.253 e. The zero-order valence-electron chi connectivity index (χ0n) is 20.4. The number of piperazine rings is 1. The van der Waals surface area contributed by atoms with Gasteiger partial charge in [-0.2, -0.15) is 4.31 Å². The van der Waals surface area contributed by atoms with Gasteiger partial charge in [0.2, 0.25) is 15.9 Å². The Labute approximate surface area is 206 Å². The summed E-state index contributed by atoms with van der Waals surface area (Å²) in [6.07, 6.45) is 3.30. The Morgan fingerprint density at radius 2 is 1.69 bits per heavy atom. The summed E-state index contributed by atoms with van der Waals surface area (Å²) >= 11 is 0. The van der Waals surface area contributed by atoms with Gasteiger partial charge in [0.25, 0.3) is 5.91 Å². The van der Waals surface area contributed by atoms with Crippen LogP contribution >= 0.6 is 0 Å². The van der Waals surface area contributed by atoms with Crippen molar-refractivity contribution in [3.05, 3.63) is 59.0 Å². The van der Waals surface area contributed by atoms with E-state index < -0.39 is 10.0 Å². The Morgan fingerprint density at radius 3 is 2.43 bits per heavy atom. The van der Waals surface area contributed by atoms with Crippen molar-refractivity contribution in [1.29, 1.82) is 0 Å². The molecule has 3 aromatic rings. The third-order valence-corrected chi connectivity index (χ3v) is 9.01. The van der Waals surface area contributed by atoms with Crippen molar-refractivity contribution in [3.63, 3.8) is 0 Å². The molecule has 0 saturated carbocycles. The van der Waals surface area contributed by atoms with E-state index in [9.17, 15) is 13.2 Å². The SMILES string of the molecule is Cc1ccc(C)c(S(=O)(=O)N2CCN(Cc3nc4cc(C(=O)N5CCCCC5)ccc4o3)CC2)c1. The van der Waals surface area contributed by atoms with Gasteiger partial charge in [0.05, 0.1) is 11.4 Å². The Morgan fingerprint density at radius 1 is 0.943 bits per heavy atom. The fourth-order valence-corrected chi connectivity index (χ4v) is 6.63. The van der Waals surface area contributed by atoms with Crippen LogP contribution in [-0.4, -0.2) is 72.7 Å². The second-order valence-electron chi connectivity index (χ2n) is 9.59. The van der Waals surface area contributed by atoms with Gasteiger partial charge in [-0.3, -0.25) is 9.69 Å². The van der Waals surface area contributed by atoms with Crippen LogP contribution in [0.25, 0.3) is 11.1 Å². The highest BCUT2D eigenvalue weighted by Crippen LogP contribution is 2.24. The molecule has 9 heteroatoms. The molecule has 0 bridgehead atoms.